The van der Waals surface area contributed by atoms with Crippen molar-refractivity contribution < 1.29 is 13.9 Å². The molecule has 0 N–H and O–H groups in total. The van der Waals surface area contributed by atoms with Crippen LogP contribution in [0.25, 0.3) is 0 Å². The zero-order chi connectivity index (χ0) is 14.5. The van der Waals surface area contributed by atoms with E-state index in [1.54, 1.807) is 6.07 Å². The Kier molecular flexibility index (Phi) is 4.51. The highest BCUT2D eigenvalue weighted by atomic mass is 19.1. The first kappa shape index (κ1) is 14.3. The average molecular weight is 272 g/mol. The van der Waals surface area contributed by atoms with Gasteiger partial charge in [-0.25, -0.2) is 4.39 Å². The van der Waals surface area contributed by atoms with E-state index in [2.05, 4.69) is 13.8 Å². The molecule has 0 aliphatic carbocycles. The molecule has 0 aliphatic heterocycles. The molecule has 2 aromatic carbocycles. The molecule has 0 saturated carbocycles. The van der Waals surface area contributed by atoms with Gasteiger partial charge in [0.2, 0.25) is 0 Å². The summed E-state index contributed by atoms with van der Waals surface area (Å²) >= 11 is 0. The smallest absolute Gasteiger partial charge is 0.156 e. The quantitative estimate of drug-likeness (QED) is 0.720. The predicted octanol–water partition coefficient (Wildman–Crippen LogP) is 4.94. The molecule has 2 aromatic rings. The summed E-state index contributed by atoms with van der Waals surface area (Å²) in [6.07, 6.45) is 1.54. The fourth-order valence-corrected chi connectivity index (χ4v) is 1.95. The molecule has 104 valence electrons. The van der Waals surface area contributed by atoms with Crippen molar-refractivity contribution >= 4 is 6.29 Å². The molecule has 1 unspecified atom stereocenters. The maximum Gasteiger partial charge on any atom is 0.156 e. The molecule has 3 heteroatoms. The summed E-state index contributed by atoms with van der Waals surface area (Å²) in [6, 6.07) is 12.0. The first-order valence-electron chi connectivity index (χ1n) is 6.67. The van der Waals surface area contributed by atoms with Crippen LogP contribution < -0.4 is 4.74 Å². The normalized spacial score (nSPS) is 11.9. The Morgan fingerprint density at radius 1 is 1.20 bits per heavy atom. The number of hydrogen-bond acceptors (Lipinski definition) is 2. The number of carbonyl (C=O) groups excluding carboxylic acids is 1. The Morgan fingerprint density at radius 3 is 2.50 bits per heavy atom. The van der Waals surface area contributed by atoms with Crippen LogP contribution in [0.2, 0.25) is 0 Å². The number of carbonyl (C=O) groups is 1. The molecule has 0 heterocycles. The van der Waals surface area contributed by atoms with Gasteiger partial charge in [0.25, 0.3) is 0 Å². The summed E-state index contributed by atoms with van der Waals surface area (Å²) in [7, 11) is 0. The van der Waals surface area contributed by atoms with Crippen molar-refractivity contribution in [2.24, 2.45) is 0 Å². The van der Waals surface area contributed by atoms with Gasteiger partial charge >= 0.3 is 0 Å². The third-order valence-electron chi connectivity index (χ3n) is 3.42. The van der Waals surface area contributed by atoms with E-state index in [4.69, 9.17) is 4.74 Å². The summed E-state index contributed by atoms with van der Waals surface area (Å²) in [6.45, 7) is 4.30. The zero-order valence-electron chi connectivity index (χ0n) is 11.6. The Labute approximate surface area is 118 Å². The predicted molar refractivity (Wildman–Crippen MR) is 77.0 cm³/mol. The van der Waals surface area contributed by atoms with Gasteiger partial charge in [-0.05, 0) is 42.2 Å². The molecule has 20 heavy (non-hydrogen) atoms. The van der Waals surface area contributed by atoms with E-state index >= 15 is 0 Å². The van der Waals surface area contributed by atoms with Crippen molar-refractivity contribution in [1.82, 2.24) is 0 Å². The fraction of sp³-hybridized carbons (Fsp3) is 0.235. The second kappa shape index (κ2) is 6.33. The molecular weight excluding hydrogens is 255 g/mol. The number of benzene rings is 2. The third-order valence-corrected chi connectivity index (χ3v) is 3.42. The SMILES string of the molecule is CCC(C)c1ccc(Oc2cccc(F)c2C=O)cc1. The number of hydrogen-bond donors (Lipinski definition) is 0. The third kappa shape index (κ3) is 3.05. The molecule has 0 fully saturated rings. The first-order valence-corrected chi connectivity index (χ1v) is 6.67. The highest BCUT2D eigenvalue weighted by Crippen LogP contribution is 2.28. The minimum absolute atomic E-state index is 0.0569. The van der Waals surface area contributed by atoms with Crippen LogP contribution in [0.4, 0.5) is 4.39 Å². The van der Waals surface area contributed by atoms with Gasteiger partial charge < -0.3 is 4.74 Å². The highest BCUT2D eigenvalue weighted by molar-refractivity contribution is 5.79. The number of aldehydes is 1. The molecule has 1 atom stereocenters. The van der Waals surface area contributed by atoms with E-state index in [1.807, 2.05) is 24.3 Å². The number of halogens is 1. The second-order valence-corrected chi connectivity index (χ2v) is 4.75. The van der Waals surface area contributed by atoms with Gasteiger partial charge in [-0.2, -0.15) is 0 Å². The highest BCUT2D eigenvalue weighted by Gasteiger charge is 2.10. The molecule has 2 nitrogen and oxygen atoms in total. The van der Waals surface area contributed by atoms with E-state index in [0.717, 1.165) is 6.42 Å². The summed E-state index contributed by atoms with van der Waals surface area (Å²) in [5, 5.41) is 0. The van der Waals surface area contributed by atoms with Crippen LogP contribution in [-0.4, -0.2) is 6.29 Å². The minimum Gasteiger partial charge on any atom is -0.457 e. The molecule has 0 aliphatic rings. The van der Waals surface area contributed by atoms with E-state index in [0.29, 0.717) is 18.0 Å². The largest absolute Gasteiger partial charge is 0.457 e. The Morgan fingerprint density at radius 2 is 1.90 bits per heavy atom. The Bertz CT molecular complexity index is 590. The zero-order valence-corrected chi connectivity index (χ0v) is 11.6. The maximum absolute atomic E-state index is 13.5. The molecule has 0 saturated heterocycles. The lowest BCUT2D eigenvalue weighted by molar-refractivity contribution is 0.111. The topological polar surface area (TPSA) is 26.3 Å². The van der Waals surface area contributed by atoms with E-state index in [-0.39, 0.29) is 11.3 Å². The van der Waals surface area contributed by atoms with Crippen LogP contribution in [0.1, 0.15) is 42.1 Å². The van der Waals surface area contributed by atoms with E-state index in [1.165, 1.54) is 17.7 Å². The van der Waals surface area contributed by atoms with Crippen molar-refractivity contribution in [3.05, 3.63) is 59.4 Å². The molecule has 0 amide bonds. The van der Waals surface area contributed by atoms with Gasteiger partial charge in [0.05, 0.1) is 5.56 Å². The Balaban J connectivity index is 2.22. The van der Waals surface area contributed by atoms with Gasteiger partial charge in [0.1, 0.15) is 17.3 Å². The average Bonchev–Trinajstić information content (AvgIpc) is 2.47. The Hall–Kier alpha value is -2.16. The van der Waals surface area contributed by atoms with Crippen LogP contribution in [-0.2, 0) is 0 Å². The van der Waals surface area contributed by atoms with Crippen molar-refractivity contribution in [2.45, 2.75) is 26.2 Å². The standard InChI is InChI=1S/C17H17FO2/c1-3-12(2)13-7-9-14(10-8-13)20-17-6-4-5-16(18)15(17)11-19/h4-12H,3H2,1-2H3. The van der Waals surface area contributed by atoms with Crippen molar-refractivity contribution in [3.63, 3.8) is 0 Å². The minimum atomic E-state index is -0.575. The van der Waals surface area contributed by atoms with Gasteiger partial charge in [-0.3, -0.25) is 4.79 Å². The molecule has 2 rings (SSSR count). The van der Waals surface area contributed by atoms with E-state index < -0.39 is 5.82 Å². The van der Waals surface area contributed by atoms with Crippen molar-refractivity contribution in [1.29, 1.82) is 0 Å². The lowest BCUT2D eigenvalue weighted by atomic mass is 9.99. The lowest BCUT2D eigenvalue weighted by Crippen LogP contribution is -1.95. The lowest BCUT2D eigenvalue weighted by Gasteiger charge is -2.11. The molecule has 0 bridgehead atoms. The molecule has 0 aromatic heterocycles. The van der Waals surface area contributed by atoms with Gasteiger partial charge in [0.15, 0.2) is 6.29 Å². The van der Waals surface area contributed by atoms with Crippen LogP contribution in [0.3, 0.4) is 0 Å². The fourth-order valence-electron chi connectivity index (χ4n) is 1.95. The second-order valence-electron chi connectivity index (χ2n) is 4.75. The number of rotatable bonds is 5. The molecule has 0 radical (unpaired) electrons. The number of ether oxygens (including phenoxy) is 1. The maximum atomic E-state index is 13.5. The van der Waals surface area contributed by atoms with Crippen molar-refractivity contribution in [2.75, 3.05) is 0 Å². The monoisotopic (exact) mass is 272 g/mol. The van der Waals surface area contributed by atoms with Gasteiger partial charge in [-0.1, -0.05) is 32.0 Å². The summed E-state index contributed by atoms with van der Waals surface area (Å²) < 4.78 is 19.0. The van der Waals surface area contributed by atoms with Gasteiger partial charge in [-0.15, -0.1) is 0 Å². The van der Waals surface area contributed by atoms with Gasteiger partial charge in [0, 0.05) is 0 Å². The van der Waals surface area contributed by atoms with Crippen LogP contribution in [0, 0.1) is 5.82 Å². The summed E-state index contributed by atoms with van der Waals surface area (Å²) in [4.78, 5) is 10.9. The first-order chi connectivity index (χ1) is 9.65. The van der Waals surface area contributed by atoms with Crippen molar-refractivity contribution in [3.8, 4) is 11.5 Å². The molecular formula is C17H17FO2. The van der Waals surface area contributed by atoms with E-state index in [9.17, 15) is 9.18 Å². The van der Waals surface area contributed by atoms with Crippen LogP contribution in [0.5, 0.6) is 11.5 Å². The molecule has 0 spiro atoms. The van der Waals surface area contributed by atoms with Crippen LogP contribution >= 0.6 is 0 Å². The summed E-state index contributed by atoms with van der Waals surface area (Å²) in [5.41, 5.74) is 1.17. The van der Waals surface area contributed by atoms with Crippen LogP contribution in [0.15, 0.2) is 42.5 Å². The summed E-state index contributed by atoms with van der Waals surface area (Å²) in [5.74, 6) is 0.736.